The molecule has 0 amide bonds. The Hall–Kier alpha value is -2.56. The fourth-order valence-electron chi connectivity index (χ4n) is 12.3. The molecular formula is C72H131O24P. The van der Waals surface area contributed by atoms with Crippen molar-refractivity contribution < 1.29 is 117 Å². The van der Waals surface area contributed by atoms with E-state index in [0.29, 0.717) is 19.3 Å². The number of ether oxygens (including phenoxy) is 7. The quantitative estimate of drug-likeness (QED) is 0.00886. The summed E-state index contributed by atoms with van der Waals surface area (Å²) >= 11 is 0. The number of aliphatic hydroxyl groups excluding tert-OH is 10. The molecule has 2 heterocycles. The fourth-order valence-corrected chi connectivity index (χ4v) is 13.2. The molecule has 0 bridgehead atoms. The molecule has 0 radical (unpaired) electrons. The molecule has 18 unspecified atom stereocenters. The molecule has 0 aromatic heterocycles. The lowest BCUT2D eigenvalue weighted by atomic mass is 9.84. The third-order valence-electron chi connectivity index (χ3n) is 18.5. The lowest BCUT2D eigenvalue weighted by molar-refractivity contribution is -0.360. The highest BCUT2D eigenvalue weighted by Crippen LogP contribution is 2.49. The number of rotatable bonds is 58. The molecule has 1 aliphatic carbocycles. The van der Waals surface area contributed by atoms with Gasteiger partial charge in [-0.1, -0.05) is 218 Å². The molecule has 0 aromatic rings. The Morgan fingerprint density at radius 3 is 1.13 bits per heavy atom. The SMILES string of the molecule is CCCCCC/C=C\CCCCCCCCCC(=O)OCC(COP(=O)(O)OC1C(OC2OC(CO)C(O)C(O)C2O)C(O)C(O)C(O)C1OC1OC(COC(=O)CCCCC/C=C\CCCCCCCC)C(O)C(O)C1O)OC(=O)CCCCCCCCCCCCCCCC. The molecule has 11 N–H and O–H groups in total. The average molecular weight is 1410 g/mol. The van der Waals surface area contributed by atoms with Gasteiger partial charge in [0.05, 0.1) is 13.2 Å². The zero-order valence-electron chi connectivity index (χ0n) is 59.1. The van der Waals surface area contributed by atoms with Crippen molar-refractivity contribution >= 4 is 25.7 Å². The van der Waals surface area contributed by atoms with Crippen molar-refractivity contribution in [3.63, 3.8) is 0 Å². The van der Waals surface area contributed by atoms with Gasteiger partial charge in [-0.2, -0.15) is 0 Å². The molecule has 2 saturated heterocycles. The van der Waals surface area contributed by atoms with Gasteiger partial charge < -0.3 is 89.1 Å². The Morgan fingerprint density at radius 1 is 0.392 bits per heavy atom. The Morgan fingerprint density at radius 2 is 0.722 bits per heavy atom. The predicted octanol–water partition coefficient (Wildman–Crippen LogP) is 10.1. The standard InChI is InChI=1S/C72H131O24P/c1-4-7-10-13-16-19-22-25-27-30-32-34-37-40-43-46-56(74)88-50-53(91-58(76)48-45-42-39-36-33-29-26-23-20-17-14-11-8-5-2)51-90-97(86,87)96-70-68(94-71-66(84)61(79)59(77)54(49-73)92-71)64(82)63(81)65(83)69(70)95-72-67(85)62(80)60(78)55(93-72)52-89-57(75)47-44-41-38-35-31-28-24-21-18-15-12-9-6-3/h19,22,28,31,53-55,59-73,77-85H,4-18,20-21,23-27,29-30,32-52H2,1-3H3,(H,86,87)/b22-19-,31-28-. The van der Waals surface area contributed by atoms with Gasteiger partial charge in [0.2, 0.25) is 0 Å². The monoisotopic (exact) mass is 1410 g/mol. The highest BCUT2D eigenvalue weighted by molar-refractivity contribution is 7.47. The van der Waals surface area contributed by atoms with Crippen LogP contribution in [0.1, 0.15) is 284 Å². The van der Waals surface area contributed by atoms with Crippen molar-refractivity contribution in [3.8, 4) is 0 Å². The van der Waals surface area contributed by atoms with Gasteiger partial charge in [-0.3, -0.25) is 23.4 Å². The minimum absolute atomic E-state index is 0.00816. The molecule has 2 aliphatic heterocycles. The summed E-state index contributed by atoms with van der Waals surface area (Å²) < 4.78 is 65.0. The van der Waals surface area contributed by atoms with Crippen LogP contribution in [0, 0.1) is 0 Å². The minimum Gasteiger partial charge on any atom is -0.463 e. The molecule has 3 rings (SSSR count). The Balaban J connectivity index is 1.74. The molecule has 3 fully saturated rings. The maximum atomic E-state index is 14.3. The van der Waals surface area contributed by atoms with Gasteiger partial charge in [0, 0.05) is 19.3 Å². The van der Waals surface area contributed by atoms with Crippen LogP contribution in [0.5, 0.6) is 0 Å². The van der Waals surface area contributed by atoms with Crippen LogP contribution in [0.3, 0.4) is 0 Å². The van der Waals surface area contributed by atoms with Crippen LogP contribution in [0.2, 0.25) is 0 Å². The first-order valence-electron chi connectivity index (χ1n) is 37.6. The van der Waals surface area contributed by atoms with E-state index in [9.17, 15) is 74.9 Å². The highest BCUT2D eigenvalue weighted by atomic mass is 31.2. The zero-order valence-corrected chi connectivity index (χ0v) is 60.0. The van der Waals surface area contributed by atoms with Gasteiger partial charge in [-0.25, -0.2) is 4.57 Å². The van der Waals surface area contributed by atoms with Crippen molar-refractivity contribution in [2.45, 2.75) is 388 Å². The van der Waals surface area contributed by atoms with E-state index >= 15 is 0 Å². The van der Waals surface area contributed by atoms with Crippen LogP contribution in [-0.4, -0.2) is 204 Å². The van der Waals surface area contributed by atoms with E-state index in [2.05, 4.69) is 45.1 Å². The van der Waals surface area contributed by atoms with E-state index in [1.165, 1.54) is 109 Å². The number of esters is 3. The number of phosphoric acid groups is 1. The van der Waals surface area contributed by atoms with Crippen molar-refractivity contribution in [2.75, 3.05) is 26.4 Å². The van der Waals surface area contributed by atoms with Crippen LogP contribution in [-0.2, 0) is 61.2 Å². The van der Waals surface area contributed by atoms with Gasteiger partial charge in [0.25, 0.3) is 0 Å². The Labute approximate surface area is 579 Å². The summed E-state index contributed by atoms with van der Waals surface area (Å²) in [5.41, 5.74) is 0. The van der Waals surface area contributed by atoms with Crippen LogP contribution < -0.4 is 0 Å². The van der Waals surface area contributed by atoms with E-state index in [1.54, 1.807) is 0 Å². The number of allylic oxidation sites excluding steroid dienone is 4. The van der Waals surface area contributed by atoms with Crippen molar-refractivity contribution in [1.29, 1.82) is 0 Å². The average Bonchev–Trinajstić information content (AvgIpc) is 0.763. The predicted molar refractivity (Wildman–Crippen MR) is 365 cm³/mol. The number of phosphoric ester groups is 1. The number of carbonyl (C=O) groups excluding carboxylic acids is 3. The Bertz CT molecular complexity index is 2110. The molecule has 1 saturated carbocycles. The molecular weight excluding hydrogens is 1280 g/mol. The summed E-state index contributed by atoms with van der Waals surface area (Å²) in [6.45, 7) is 3.41. The first-order chi connectivity index (χ1) is 46.8. The van der Waals surface area contributed by atoms with E-state index in [0.717, 1.165) is 116 Å². The molecule has 97 heavy (non-hydrogen) atoms. The summed E-state index contributed by atoms with van der Waals surface area (Å²) in [6.07, 6.45) is 13.9. The number of hydrogen-bond acceptors (Lipinski definition) is 23. The number of aliphatic hydroxyl groups is 10. The summed E-state index contributed by atoms with van der Waals surface area (Å²) in [7, 11) is -5.70. The highest BCUT2D eigenvalue weighted by Gasteiger charge is 2.58. The largest absolute Gasteiger partial charge is 0.472 e. The maximum absolute atomic E-state index is 14.3. The summed E-state index contributed by atoms with van der Waals surface area (Å²) in [6, 6.07) is 0. The lowest BCUT2D eigenvalue weighted by Gasteiger charge is -2.49. The molecule has 568 valence electrons. The summed E-state index contributed by atoms with van der Waals surface area (Å²) in [4.78, 5) is 51.0. The molecule has 18 atom stereocenters. The third-order valence-corrected chi connectivity index (χ3v) is 19.4. The van der Waals surface area contributed by atoms with Crippen molar-refractivity contribution in [2.24, 2.45) is 0 Å². The molecule has 0 spiro atoms. The van der Waals surface area contributed by atoms with Gasteiger partial charge in [0.1, 0.15) is 98.7 Å². The normalized spacial score (nSPS) is 27.9. The lowest BCUT2D eigenvalue weighted by Crippen LogP contribution is -2.69. The second-order valence-corrected chi connectivity index (χ2v) is 28.4. The minimum atomic E-state index is -5.70. The van der Waals surface area contributed by atoms with Crippen molar-refractivity contribution in [3.05, 3.63) is 24.3 Å². The fraction of sp³-hybridized carbons (Fsp3) is 0.903. The van der Waals surface area contributed by atoms with Crippen molar-refractivity contribution in [1.82, 2.24) is 0 Å². The van der Waals surface area contributed by atoms with Crippen LogP contribution in [0.4, 0.5) is 0 Å². The number of hydrogen-bond donors (Lipinski definition) is 11. The summed E-state index contributed by atoms with van der Waals surface area (Å²) in [5.74, 6) is -2.01. The van der Waals surface area contributed by atoms with Crippen LogP contribution >= 0.6 is 7.82 Å². The third kappa shape index (κ3) is 37.4. The van der Waals surface area contributed by atoms with Crippen LogP contribution in [0.15, 0.2) is 24.3 Å². The van der Waals surface area contributed by atoms with Crippen LogP contribution in [0.25, 0.3) is 0 Å². The summed E-state index contributed by atoms with van der Waals surface area (Å²) in [5, 5.41) is 110. The Kier molecular flexibility index (Phi) is 49.5. The maximum Gasteiger partial charge on any atom is 0.472 e. The van der Waals surface area contributed by atoms with Gasteiger partial charge in [-0.05, 0) is 70.6 Å². The number of unbranched alkanes of at least 4 members (excludes halogenated alkanes) is 33. The van der Waals surface area contributed by atoms with E-state index in [1.807, 2.05) is 0 Å². The first kappa shape index (κ1) is 88.7. The number of carbonyl (C=O) groups is 3. The van der Waals surface area contributed by atoms with Gasteiger partial charge in [0.15, 0.2) is 18.7 Å². The topological polar surface area (TPSA) is 374 Å². The molecule has 25 heteroatoms. The molecule has 24 nitrogen and oxygen atoms in total. The molecule has 3 aliphatic rings. The second-order valence-electron chi connectivity index (χ2n) is 27.0. The smallest absolute Gasteiger partial charge is 0.463 e. The second kappa shape index (κ2) is 54.1. The van der Waals surface area contributed by atoms with E-state index < -0.39 is 156 Å². The van der Waals surface area contributed by atoms with Gasteiger partial charge >= 0.3 is 25.7 Å². The van der Waals surface area contributed by atoms with E-state index in [-0.39, 0.29) is 19.3 Å². The zero-order chi connectivity index (χ0) is 71.1. The first-order valence-corrected chi connectivity index (χ1v) is 39.1. The molecule has 0 aromatic carbocycles. The van der Waals surface area contributed by atoms with Gasteiger partial charge in [-0.15, -0.1) is 0 Å². The van der Waals surface area contributed by atoms with E-state index in [4.69, 9.17) is 42.2 Å².